The SMILES string of the molecule is O=C(Nc1ccc2c(c1)OCCO2)c1cnoc1-c1ccc(F)c(F)c1. The van der Waals surface area contributed by atoms with Crippen molar-refractivity contribution in [2.24, 2.45) is 0 Å². The largest absolute Gasteiger partial charge is 0.486 e. The molecule has 0 radical (unpaired) electrons. The first-order chi connectivity index (χ1) is 12.6. The van der Waals surface area contributed by atoms with E-state index in [2.05, 4.69) is 10.5 Å². The molecule has 1 amide bonds. The third-order valence-corrected chi connectivity index (χ3v) is 3.80. The normalized spacial score (nSPS) is 12.7. The third kappa shape index (κ3) is 2.97. The smallest absolute Gasteiger partial charge is 0.261 e. The first kappa shape index (κ1) is 16.1. The van der Waals surface area contributed by atoms with Crippen molar-refractivity contribution in [3.8, 4) is 22.8 Å². The van der Waals surface area contributed by atoms with Gasteiger partial charge >= 0.3 is 0 Å². The number of carbonyl (C=O) groups excluding carboxylic acids is 1. The summed E-state index contributed by atoms with van der Waals surface area (Å²) in [6.45, 7) is 0.896. The molecule has 1 aliphatic rings. The second-order valence-corrected chi connectivity index (χ2v) is 5.51. The molecule has 0 aliphatic carbocycles. The Morgan fingerprint density at radius 1 is 1.00 bits per heavy atom. The van der Waals surface area contributed by atoms with Gasteiger partial charge in [0.2, 0.25) is 0 Å². The molecule has 0 unspecified atom stereocenters. The molecule has 0 spiro atoms. The summed E-state index contributed by atoms with van der Waals surface area (Å²) in [6, 6.07) is 8.19. The second kappa shape index (κ2) is 6.47. The molecule has 2 heterocycles. The Morgan fingerprint density at radius 2 is 1.81 bits per heavy atom. The van der Waals surface area contributed by atoms with Crippen LogP contribution in [0.2, 0.25) is 0 Å². The van der Waals surface area contributed by atoms with Crippen molar-refractivity contribution in [2.45, 2.75) is 0 Å². The van der Waals surface area contributed by atoms with Gasteiger partial charge in [0.05, 0.1) is 6.20 Å². The fourth-order valence-electron chi connectivity index (χ4n) is 2.57. The molecule has 3 aromatic rings. The molecule has 6 nitrogen and oxygen atoms in total. The van der Waals surface area contributed by atoms with Crippen molar-refractivity contribution < 1.29 is 27.6 Å². The van der Waals surface area contributed by atoms with Crippen LogP contribution in [0.15, 0.2) is 47.1 Å². The fourth-order valence-corrected chi connectivity index (χ4v) is 2.57. The van der Waals surface area contributed by atoms with Crippen LogP contribution in [-0.4, -0.2) is 24.3 Å². The van der Waals surface area contributed by atoms with E-state index in [1.165, 1.54) is 12.3 Å². The van der Waals surface area contributed by atoms with E-state index in [1.54, 1.807) is 18.2 Å². The minimum absolute atomic E-state index is 0.0407. The number of amides is 1. The van der Waals surface area contributed by atoms with Crippen LogP contribution < -0.4 is 14.8 Å². The summed E-state index contributed by atoms with van der Waals surface area (Å²) >= 11 is 0. The van der Waals surface area contributed by atoms with Gasteiger partial charge in [-0.15, -0.1) is 0 Å². The Balaban J connectivity index is 1.60. The van der Waals surface area contributed by atoms with Gasteiger partial charge in [0.1, 0.15) is 18.8 Å². The average Bonchev–Trinajstić information content (AvgIpc) is 3.14. The highest BCUT2D eigenvalue weighted by atomic mass is 19.2. The Bertz CT molecular complexity index is 987. The van der Waals surface area contributed by atoms with E-state index >= 15 is 0 Å². The Morgan fingerprint density at radius 3 is 2.62 bits per heavy atom. The molecule has 0 atom stereocenters. The molecule has 0 saturated carbocycles. The van der Waals surface area contributed by atoms with Gasteiger partial charge in [-0.25, -0.2) is 8.78 Å². The summed E-state index contributed by atoms with van der Waals surface area (Å²) in [6.07, 6.45) is 1.21. The van der Waals surface area contributed by atoms with E-state index in [0.29, 0.717) is 30.4 Å². The molecule has 0 bridgehead atoms. The van der Waals surface area contributed by atoms with Crippen LogP contribution in [0.1, 0.15) is 10.4 Å². The monoisotopic (exact) mass is 358 g/mol. The van der Waals surface area contributed by atoms with Crippen molar-refractivity contribution in [1.82, 2.24) is 5.16 Å². The maximum absolute atomic E-state index is 13.4. The van der Waals surface area contributed by atoms with Crippen molar-refractivity contribution in [1.29, 1.82) is 0 Å². The lowest BCUT2D eigenvalue weighted by Gasteiger charge is -2.18. The molecule has 1 N–H and O–H groups in total. The molecule has 26 heavy (non-hydrogen) atoms. The van der Waals surface area contributed by atoms with E-state index in [9.17, 15) is 13.6 Å². The topological polar surface area (TPSA) is 73.6 Å². The minimum atomic E-state index is -1.04. The van der Waals surface area contributed by atoms with Crippen LogP contribution in [0.25, 0.3) is 11.3 Å². The van der Waals surface area contributed by atoms with Gasteiger partial charge in [-0.05, 0) is 30.3 Å². The lowest BCUT2D eigenvalue weighted by atomic mass is 10.1. The van der Waals surface area contributed by atoms with E-state index < -0.39 is 17.5 Å². The number of carbonyl (C=O) groups is 1. The minimum Gasteiger partial charge on any atom is -0.486 e. The van der Waals surface area contributed by atoms with Gasteiger partial charge in [-0.3, -0.25) is 4.79 Å². The highest BCUT2D eigenvalue weighted by Gasteiger charge is 2.20. The summed E-state index contributed by atoms with van der Waals surface area (Å²) < 4.78 is 42.5. The van der Waals surface area contributed by atoms with Gasteiger partial charge in [-0.1, -0.05) is 5.16 Å². The van der Waals surface area contributed by atoms with Crippen LogP contribution in [0, 0.1) is 11.6 Å². The summed E-state index contributed by atoms with van der Waals surface area (Å²) in [7, 11) is 0. The summed E-state index contributed by atoms with van der Waals surface area (Å²) in [5.41, 5.74) is 0.774. The predicted molar refractivity (Wildman–Crippen MR) is 87.2 cm³/mol. The van der Waals surface area contributed by atoms with E-state index in [4.69, 9.17) is 14.0 Å². The Hall–Kier alpha value is -3.42. The third-order valence-electron chi connectivity index (χ3n) is 3.80. The Labute approximate surface area is 146 Å². The molecular weight excluding hydrogens is 346 g/mol. The standard InChI is InChI=1S/C18H12F2N2O4/c19-13-3-1-10(7-14(13)20)17-12(9-21-26-17)18(23)22-11-2-4-15-16(8-11)25-6-5-24-15/h1-4,7-9H,5-6H2,(H,22,23). The number of nitrogens with zero attached hydrogens (tertiary/aromatic N) is 1. The number of fused-ring (bicyclic) bond motifs is 1. The number of ether oxygens (including phenoxy) is 2. The first-order valence-electron chi connectivity index (χ1n) is 7.73. The summed E-state index contributed by atoms with van der Waals surface area (Å²) in [4.78, 5) is 12.5. The number of rotatable bonds is 3. The zero-order valence-electron chi connectivity index (χ0n) is 13.3. The molecule has 0 fully saturated rings. The lowest BCUT2D eigenvalue weighted by Crippen LogP contribution is -2.16. The van der Waals surface area contributed by atoms with Crippen LogP contribution in [0.3, 0.4) is 0 Å². The quantitative estimate of drug-likeness (QED) is 0.774. The summed E-state index contributed by atoms with van der Waals surface area (Å²) in [5.74, 6) is -1.38. The zero-order valence-corrected chi connectivity index (χ0v) is 13.3. The molecule has 0 saturated heterocycles. The number of aromatic nitrogens is 1. The molecular formula is C18H12F2N2O4. The first-order valence-corrected chi connectivity index (χ1v) is 7.73. The molecule has 1 aliphatic heterocycles. The summed E-state index contributed by atoms with van der Waals surface area (Å²) in [5, 5.41) is 6.28. The van der Waals surface area contributed by atoms with E-state index in [0.717, 1.165) is 12.1 Å². The van der Waals surface area contributed by atoms with Crippen LogP contribution >= 0.6 is 0 Å². The Kier molecular flexibility index (Phi) is 4.00. The van der Waals surface area contributed by atoms with Gasteiger partial charge in [0, 0.05) is 17.3 Å². The second-order valence-electron chi connectivity index (χ2n) is 5.51. The molecule has 2 aromatic carbocycles. The van der Waals surface area contributed by atoms with Gasteiger partial charge in [0.25, 0.3) is 5.91 Å². The number of hydrogen-bond acceptors (Lipinski definition) is 5. The predicted octanol–water partition coefficient (Wildman–Crippen LogP) is 3.64. The number of benzene rings is 2. The van der Waals surface area contributed by atoms with Gasteiger partial charge in [-0.2, -0.15) is 0 Å². The zero-order chi connectivity index (χ0) is 18.1. The maximum atomic E-state index is 13.4. The van der Waals surface area contributed by atoms with E-state index in [1.807, 2.05) is 0 Å². The molecule has 8 heteroatoms. The number of hydrogen-bond donors (Lipinski definition) is 1. The maximum Gasteiger partial charge on any atom is 0.261 e. The lowest BCUT2D eigenvalue weighted by molar-refractivity contribution is 0.102. The van der Waals surface area contributed by atoms with Gasteiger partial charge < -0.3 is 19.3 Å². The molecule has 1 aromatic heterocycles. The van der Waals surface area contributed by atoms with Crippen molar-refractivity contribution in [3.63, 3.8) is 0 Å². The number of nitrogens with one attached hydrogen (secondary N) is 1. The van der Waals surface area contributed by atoms with Crippen molar-refractivity contribution in [3.05, 3.63) is 59.8 Å². The highest BCUT2D eigenvalue weighted by molar-refractivity contribution is 6.07. The van der Waals surface area contributed by atoms with Gasteiger partial charge in [0.15, 0.2) is 28.9 Å². The van der Waals surface area contributed by atoms with E-state index in [-0.39, 0.29) is 16.9 Å². The van der Waals surface area contributed by atoms with Crippen LogP contribution in [0.4, 0.5) is 14.5 Å². The average molecular weight is 358 g/mol. The number of halogens is 2. The molecule has 132 valence electrons. The molecule has 4 rings (SSSR count). The van der Waals surface area contributed by atoms with Crippen molar-refractivity contribution >= 4 is 11.6 Å². The highest BCUT2D eigenvalue weighted by Crippen LogP contribution is 2.33. The van der Waals surface area contributed by atoms with Crippen LogP contribution in [0.5, 0.6) is 11.5 Å². The van der Waals surface area contributed by atoms with Crippen molar-refractivity contribution in [2.75, 3.05) is 18.5 Å². The van der Waals surface area contributed by atoms with Crippen LogP contribution in [-0.2, 0) is 0 Å². The number of anilines is 1. The fraction of sp³-hybridized carbons (Fsp3) is 0.111.